The first kappa shape index (κ1) is 12.5. The summed E-state index contributed by atoms with van der Waals surface area (Å²) in [5, 5.41) is 0.464. The molecular formula is C12H16F2N2S. The van der Waals surface area contributed by atoms with E-state index in [-0.39, 0.29) is 5.69 Å². The SMILES string of the molecule is CCC1CN(c2c(N)ccc(F)c2F)CCS1. The highest BCUT2D eigenvalue weighted by Gasteiger charge is 2.24. The van der Waals surface area contributed by atoms with Crippen molar-refractivity contribution in [2.24, 2.45) is 0 Å². The lowest BCUT2D eigenvalue weighted by Gasteiger charge is -2.34. The summed E-state index contributed by atoms with van der Waals surface area (Å²) in [5.41, 5.74) is 6.29. The van der Waals surface area contributed by atoms with Crippen LogP contribution in [0.1, 0.15) is 13.3 Å². The molecule has 2 nitrogen and oxygen atoms in total. The van der Waals surface area contributed by atoms with Crippen LogP contribution in [0, 0.1) is 11.6 Å². The van der Waals surface area contributed by atoms with Crippen molar-refractivity contribution >= 4 is 23.1 Å². The molecule has 0 radical (unpaired) electrons. The number of halogens is 2. The number of hydrogen-bond donors (Lipinski definition) is 1. The minimum atomic E-state index is -0.833. The smallest absolute Gasteiger partial charge is 0.184 e. The second-order valence-corrected chi connectivity index (χ2v) is 5.55. The van der Waals surface area contributed by atoms with Crippen LogP contribution in [0.25, 0.3) is 0 Å². The zero-order valence-electron chi connectivity index (χ0n) is 9.75. The standard InChI is InChI=1S/C12H16F2N2S/c1-2-8-7-16(5-6-17-8)12-10(15)4-3-9(13)11(12)14/h3-4,8H,2,5-7,15H2,1H3. The topological polar surface area (TPSA) is 29.3 Å². The summed E-state index contributed by atoms with van der Waals surface area (Å²) < 4.78 is 27.0. The van der Waals surface area contributed by atoms with E-state index in [0.29, 0.717) is 17.5 Å². The summed E-state index contributed by atoms with van der Waals surface area (Å²) in [6.45, 7) is 3.55. The van der Waals surface area contributed by atoms with Gasteiger partial charge in [-0.05, 0) is 18.6 Å². The fraction of sp³-hybridized carbons (Fsp3) is 0.500. The predicted molar refractivity (Wildman–Crippen MR) is 69.5 cm³/mol. The third-order valence-electron chi connectivity index (χ3n) is 3.01. The second kappa shape index (κ2) is 5.12. The molecule has 94 valence electrons. The van der Waals surface area contributed by atoms with Crippen molar-refractivity contribution in [2.75, 3.05) is 29.5 Å². The first-order chi connectivity index (χ1) is 8.13. The molecular weight excluding hydrogens is 242 g/mol. The Hall–Kier alpha value is -0.970. The largest absolute Gasteiger partial charge is 0.397 e. The van der Waals surface area contributed by atoms with Gasteiger partial charge in [-0.2, -0.15) is 11.8 Å². The molecule has 1 unspecified atom stereocenters. The number of benzene rings is 1. The zero-order chi connectivity index (χ0) is 12.4. The second-order valence-electron chi connectivity index (χ2n) is 4.15. The van der Waals surface area contributed by atoms with Gasteiger partial charge in [0.2, 0.25) is 0 Å². The average Bonchev–Trinajstić information content (AvgIpc) is 2.35. The van der Waals surface area contributed by atoms with E-state index in [1.807, 2.05) is 16.7 Å². The molecule has 17 heavy (non-hydrogen) atoms. The fourth-order valence-corrected chi connectivity index (χ4v) is 3.23. The Balaban J connectivity index is 2.30. The Kier molecular flexibility index (Phi) is 3.76. The molecule has 5 heteroatoms. The summed E-state index contributed by atoms with van der Waals surface area (Å²) in [6.07, 6.45) is 1.03. The van der Waals surface area contributed by atoms with Crippen LogP contribution in [0.3, 0.4) is 0 Å². The van der Waals surface area contributed by atoms with Crippen molar-refractivity contribution < 1.29 is 8.78 Å². The maximum atomic E-state index is 13.8. The van der Waals surface area contributed by atoms with Crippen molar-refractivity contribution in [1.29, 1.82) is 0 Å². The van der Waals surface area contributed by atoms with Crippen LogP contribution in [0.15, 0.2) is 12.1 Å². The first-order valence-corrected chi connectivity index (χ1v) is 6.78. The molecule has 1 heterocycles. The van der Waals surface area contributed by atoms with Gasteiger partial charge in [-0.25, -0.2) is 8.78 Å². The van der Waals surface area contributed by atoms with Crippen LogP contribution >= 0.6 is 11.8 Å². The highest BCUT2D eigenvalue weighted by molar-refractivity contribution is 8.00. The van der Waals surface area contributed by atoms with Crippen LogP contribution < -0.4 is 10.6 Å². The molecule has 1 fully saturated rings. The molecule has 2 N–H and O–H groups in total. The maximum absolute atomic E-state index is 13.8. The molecule has 0 amide bonds. The van der Waals surface area contributed by atoms with Crippen molar-refractivity contribution in [1.82, 2.24) is 0 Å². The molecule has 1 aromatic carbocycles. The minimum Gasteiger partial charge on any atom is -0.397 e. The Morgan fingerprint density at radius 3 is 2.94 bits per heavy atom. The zero-order valence-corrected chi connectivity index (χ0v) is 10.6. The monoisotopic (exact) mass is 258 g/mol. The fourth-order valence-electron chi connectivity index (χ4n) is 2.05. The lowest BCUT2D eigenvalue weighted by atomic mass is 10.2. The Bertz CT molecular complexity index is 412. The van der Waals surface area contributed by atoms with Gasteiger partial charge in [0.15, 0.2) is 11.6 Å². The van der Waals surface area contributed by atoms with Crippen LogP contribution in [0.2, 0.25) is 0 Å². The lowest BCUT2D eigenvalue weighted by Crippen LogP contribution is -2.38. The first-order valence-electron chi connectivity index (χ1n) is 5.73. The van der Waals surface area contributed by atoms with E-state index in [1.54, 1.807) is 0 Å². The number of nitrogens with zero attached hydrogens (tertiary/aromatic N) is 1. The van der Waals surface area contributed by atoms with E-state index in [0.717, 1.165) is 24.8 Å². The van der Waals surface area contributed by atoms with Gasteiger partial charge in [0, 0.05) is 24.1 Å². The summed E-state index contributed by atoms with van der Waals surface area (Å²) in [5.74, 6) is -0.735. The summed E-state index contributed by atoms with van der Waals surface area (Å²) >= 11 is 1.88. The van der Waals surface area contributed by atoms with Gasteiger partial charge in [0.05, 0.1) is 11.4 Å². The molecule has 0 saturated carbocycles. The van der Waals surface area contributed by atoms with Crippen LogP contribution in [0.4, 0.5) is 20.2 Å². The molecule has 2 rings (SSSR count). The number of hydrogen-bond acceptors (Lipinski definition) is 3. The van der Waals surface area contributed by atoms with Crippen molar-refractivity contribution in [3.63, 3.8) is 0 Å². The number of anilines is 2. The quantitative estimate of drug-likeness (QED) is 0.827. The van der Waals surface area contributed by atoms with Crippen molar-refractivity contribution in [3.8, 4) is 0 Å². The minimum absolute atomic E-state index is 0.226. The Morgan fingerprint density at radius 1 is 1.47 bits per heavy atom. The van der Waals surface area contributed by atoms with Crippen LogP contribution in [-0.4, -0.2) is 24.1 Å². The summed E-state index contributed by atoms with van der Waals surface area (Å²) in [7, 11) is 0. The molecule has 1 aromatic rings. The van der Waals surface area contributed by atoms with Gasteiger partial charge in [-0.1, -0.05) is 6.92 Å². The summed E-state index contributed by atoms with van der Waals surface area (Å²) in [6, 6.07) is 2.50. The predicted octanol–water partition coefficient (Wildman–Crippen LogP) is 2.88. The van der Waals surface area contributed by atoms with Gasteiger partial charge in [0.25, 0.3) is 0 Å². The number of nitrogen functional groups attached to an aromatic ring is 1. The van der Waals surface area contributed by atoms with Gasteiger partial charge in [-0.15, -0.1) is 0 Å². The van der Waals surface area contributed by atoms with Crippen molar-refractivity contribution in [2.45, 2.75) is 18.6 Å². The molecule has 0 aromatic heterocycles. The number of thioether (sulfide) groups is 1. The molecule has 1 saturated heterocycles. The van der Waals surface area contributed by atoms with E-state index in [4.69, 9.17) is 5.73 Å². The maximum Gasteiger partial charge on any atom is 0.184 e. The number of nitrogens with two attached hydrogens (primary N) is 1. The van der Waals surface area contributed by atoms with Crippen LogP contribution in [0.5, 0.6) is 0 Å². The average molecular weight is 258 g/mol. The van der Waals surface area contributed by atoms with E-state index in [9.17, 15) is 8.78 Å². The lowest BCUT2D eigenvalue weighted by molar-refractivity contribution is 0.506. The molecule has 0 spiro atoms. The summed E-state index contributed by atoms with van der Waals surface area (Å²) in [4.78, 5) is 1.86. The normalized spacial score (nSPS) is 20.6. The van der Waals surface area contributed by atoms with E-state index in [2.05, 4.69) is 6.92 Å². The molecule has 1 aliphatic rings. The third-order valence-corrected chi connectivity index (χ3v) is 4.38. The van der Waals surface area contributed by atoms with Gasteiger partial charge in [0.1, 0.15) is 0 Å². The van der Waals surface area contributed by atoms with E-state index < -0.39 is 11.6 Å². The van der Waals surface area contributed by atoms with Gasteiger partial charge in [-0.3, -0.25) is 0 Å². The Morgan fingerprint density at radius 2 is 2.24 bits per heavy atom. The Labute approximate surface area is 104 Å². The molecule has 0 bridgehead atoms. The van der Waals surface area contributed by atoms with Crippen molar-refractivity contribution in [3.05, 3.63) is 23.8 Å². The van der Waals surface area contributed by atoms with E-state index >= 15 is 0 Å². The highest BCUT2D eigenvalue weighted by atomic mass is 32.2. The molecule has 0 aliphatic carbocycles. The van der Waals surface area contributed by atoms with E-state index in [1.165, 1.54) is 6.07 Å². The van der Waals surface area contributed by atoms with Crippen LogP contribution in [-0.2, 0) is 0 Å². The molecule has 1 atom stereocenters. The number of rotatable bonds is 2. The highest BCUT2D eigenvalue weighted by Crippen LogP contribution is 2.32. The van der Waals surface area contributed by atoms with Gasteiger partial charge >= 0.3 is 0 Å². The van der Waals surface area contributed by atoms with Gasteiger partial charge < -0.3 is 10.6 Å². The third kappa shape index (κ3) is 2.49. The molecule has 1 aliphatic heterocycles.